The molecule has 0 spiro atoms. The van der Waals surface area contributed by atoms with Crippen LogP contribution >= 0.6 is 0 Å². The molecule has 96 valence electrons. The van der Waals surface area contributed by atoms with Gasteiger partial charge in [0.1, 0.15) is 0 Å². The van der Waals surface area contributed by atoms with E-state index in [9.17, 15) is 10.2 Å². The Morgan fingerprint density at radius 2 is 1.76 bits per heavy atom. The summed E-state index contributed by atoms with van der Waals surface area (Å²) in [4.78, 5) is 2.20. The maximum Gasteiger partial charge on any atom is 0.0523 e. The fraction of sp³-hybridized carbons (Fsp3) is 0.571. The Bertz CT molecular complexity index is 348. The molecule has 0 saturated heterocycles. The molecule has 1 rings (SSSR count). The van der Waals surface area contributed by atoms with Crippen LogP contribution in [0.2, 0.25) is 0 Å². The Balaban J connectivity index is 2.90. The third kappa shape index (κ3) is 3.45. The molecule has 0 aliphatic rings. The van der Waals surface area contributed by atoms with Crippen molar-refractivity contribution < 1.29 is 10.2 Å². The number of para-hydroxylation sites is 1. The molecule has 0 heterocycles. The normalized spacial score (nSPS) is 11.6. The van der Waals surface area contributed by atoms with Gasteiger partial charge in [0, 0.05) is 24.2 Å². The molecule has 3 heteroatoms. The Kier molecular flexibility index (Phi) is 4.97. The predicted octanol–water partition coefficient (Wildman–Crippen LogP) is 1.81. The van der Waals surface area contributed by atoms with Gasteiger partial charge in [-0.1, -0.05) is 25.1 Å². The van der Waals surface area contributed by atoms with Gasteiger partial charge in [-0.05, 0) is 25.5 Å². The summed E-state index contributed by atoms with van der Waals surface area (Å²) in [7, 11) is 0. The second kappa shape index (κ2) is 6.03. The van der Waals surface area contributed by atoms with Crippen LogP contribution in [0.15, 0.2) is 24.3 Å². The first-order chi connectivity index (χ1) is 8.06. The van der Waals surface area contributed by atoms with Gasteiger partial charge in [-0.2, -0.15) is 0 Å². The van der Waals surface area contributed by atoms with Gasteiger partial charge in [0.05, 0.1) is 13.2 Å². The molecule has 0 radical (unpaired) electrons. The lowest BCUT2D eigenvalue weighted by Crippen LogP contribution is -2.41. The molecule has 3 nitrogen and oxygen atoms in total. The van der Waals surface area contributed by atoms with E-state index in [0.29, 0.717) is 6.54 Å². The highest BCUT2D eigenvalue weighted by molar-refractivity contribution is 5.53. The second-order valence-electron chi connectivity index (χ2n) is 4.93. The zero-order chi connectivity index (χ0) is 12.9. The summed E-state index contributed by atoms with van der Waals surface area (Å²) in [5, 5.41) is 18.7. The number of nitrogens with zero attached hydrogens (tertiary/aromatic N) is 1. The lowest BCUT2D eigenvalue weighted by atomic mass is 9.92. The monoisotopic (exact) mass is 237 g/mol. The summed E-state index contributed by atoms with van der Waals surface area (Å²) in [5.74, 6) is 0. The molecule has 17 heavy (non-hydrogen) atoms. The van der Waals surface area contributed by atoms with E-state index >= 15 is 0 Å². The van der Waals surface area contributed by atoms with E-state index in [1.54, 1.807) is 0 Å². The highest BCUT2D eigenvalue weighted by Crippen LogP contribution is 2.24. The summed E-state index contributed by atoms with van der Waals surface area (Å²) < 4.78 is 0. The third-order valence-corrected chi connectivity index (χ3v) is 3.17. The number of aryl methyl sites for hydroxylation is 1. The number of hydrogen-bond acceptors (Lipinski definition) is 3. The van der Waals surface area contributed by atoms with Crippen LogP contribution < -0.4 is 4.90 Å². The van der Waals surface area contributed by atoms with Crippen molar-refractivity contribution in [1.29, 1.82) is 0 Å². The molecule has 0 fully saturated rings. The molecule has 0 aromatic heterocycles. The van der Waals surface area contributed by atoms with E-state index in [1.165, 1.54) is 11.3 Å². The van der Waals surface area contributed by atoms with E-state index in [0.717, 1.165) is 6.54 Å². The average molecular weight is 237 g/mol. The van der Waals surface area contributed by atoms with Crippen LogP contribution in [-0.4, -0.2) is 36.5 Å². The third-order valence-electron chi connectivity index (χ3n) is 3.17. The van der Waals surface area contributed by atoms with E-state index in [-0.39, 0.29) is 13.2 Å². The largest absolute Gasteiger partial charge is 0.396 e. The van der Waals surface area contributed by atoms with Gasteiger partial charge in [0.15, 0.2) is 0 Å². The van der Waals surface area contributed by atoms with Gasteiger partial charge in [-0.15, -0.1) is 0 Å². The van der Waals surface area contributed by atoms with Crippen LogP contribution in [0, 0.1) is 12.3 Å². The molecule has 0 unspecified atom stereocenters. The van der Waals surface area contributed by atoms with Gasteiger partial charge in [0.2, 0.25) is 0 Å². The summed E-state index contributed by atoms with van der Waals surface area (Å²) in [6, 6.07) is 8.19. The maximum absolute atomic E-state index is 9.36. The van der Waals surface area contributed by atoms with E-state index in [2.05, 4.69) is 30.9 Å². The van der Waals surface area contributed by atoms with Crippen LogP contribution in [-0.2, 0) is 0 Å². The van der Waals surface area contributed by atoms with E-state index in [4.69, 9.17) is 0 Å². The van der Waals surface area contributed by atoms with Gasteiger partial charge >= 0.3 is 0 Å². The van der Waals surface area contributed by atoms with Crippen molar-refractivity contribution in [2.75, 3.05) is 31.2 Å². The van der Waals surface area contributed by atoms with Gasteiger partial charge in [-0.3, -0.25) is 0 Å². The highest BCUT2D eigenvalue weighted by Gasteiger charge is 2.25. The zero-order valence-electron chi connectivity index (χ0n) is 11.0. The first-order valence-electron chi connectivity index (χ1n) is 6.08. The Hall–Kier alpha value is -1.06. The van der Waals surface area contributed by atoms with Crippen LogP contribution in [0.3, 0.4) is 0 Å². The van der Waals surface area contributed by atoms with Crippen molar-refractivity contribution in [3.63, 3.8) is 0 Å². The highest BCUT2D eigenvalue weighted by atomic mass is 16.3. The minimum Gasteiger partial charge on any atom is -0.396 e. The van der Waals surface area contributed by atoms with Crippen molar-refractivity contribution in [2.45, 2.75) is 20.8 Å². The Labute approximate surface area is 104 Å². The first kappa shape index (κ1) is 14.0. The van der Waals surface area contributed by atoms with Crippen molar-refractivity contribution in [2.24, 2.45) is 5.41 Å². The fourth-order valence-corrected chi connectivity index (χ4v) is 1.90. The zero-order valence-corrected chi connectivity index (χ0v) is 11.0. The quantitative estimate of drug-likeness (QED) is 0.793. The van der Waals surface area contributed by atoms with E-state index < -0.39 is 5.41 Å². The van der Waals surface area contributed by atoms with Gasteiger partial charge in [-0.25, -0.2) is 0 Å². The summed E-state index contributed by atoms with van der Waals surface area (Å²) in [5.41, 5.74) is 1.92. The molecular weight excluding hydrogens is 214 g/mol. The van der Waals surface area contributed by atoms with Crippen molar-refractivity contribution in [1.82, 2.24) is 0 Å². The van der Waals surface area contributed by atoms with E-state index in [1.807, 2.05) is 19.1 Å². The predicted molar refractivity (Wildman–Crippen MR) is 71.3 cm³/mol. The second-order valence-corrected chi connectivity index (χ2v) is 4.93. The molecule has 0 saturated carbocycles. The standard InChI is InChI=1S/C14H23NO2/c1-4-15(9-14(3,10-16)11-17)13-8-6-5-7-12(13)2/h5-8,16-17H,4,9-11H2,1-3H3. The molecule has 1 aromatic rings. The van der Waals surface area contributed by atoms with Crippen molar-refractivity contribution >= 4 is 5.69 Å². The minimum atomic E-state index is -0.460. The molecule has 0 bridgehead atoms. The summed E-state index contributed by atoms with van der Waals surface area (Å²) in [6.07, 6.45) is 0. The number of rotatable bonds is 6. The maximum atomic E-state index is 9.36. The van der Waals surface area contributed by atoms with Crippen LogP contribution in [0.25, 0.3) is 0 Å². The number of aliphatic hydroxyl groups excluding tert-OH is 2. The van der Waals surface area contributed by atoms with Crippen molar-refractivity contribution in [3.8, 4) is 0 Å². The Morgan fingerprint density at radius 3 is 2.24 bits per heavy atom. The fourth-order valence-electron chi connectivity index (χ4n) is 1.90. The Morgan fingerprint density at radius 1 is 1.18 bits per heavy atom. The summed E-state index contributed by atoms with van der Waals surface area (Å²) >= 11 is 0. The molecule has 1 aromatic carbocycles. The molecule has 0 amide bonds. The SMILES string of the molecule is CCN(CC(C)(CO)CO)c1ccccc1C. The lowest BCUT2D eigenvalue weighted by molar-refractivity contribution is 0.0755. The molecule has 2 N–H and O–H groups in total. The molecule has 0 aliphatic heterocycles. The van der Waals surface area contributed by atoms with Gasteiger partial charge < -0.3 is 15.1 Å². The number of aliphatic hydroxyl groups is 2. The van der Waals surface area contributed by atoms with Gasteiger partial charge in [0.25, 0.3) is 0 Å². The minimum absolute atomic E-state index is 0.00805. The number of anilines is 1. The molecule has 0 aliphatic carbocycles. The molecule has 0 atom stereocenters. The number of benzene rings is 1. The van der Waals surface area contributed by atoms with Crippen LogP contribution in [0.1, 0.15) is 19.4 Å². The van der Waals surface area contributed by atoms with Crippen LogP contribution in [0.5, 0.6) is 0 Å². The topological polar surface area (TPSA) is 43.7 Å². The number of hydrogen-bond donors (Lipinski definition) is 2. The van der Waals surface area contributed by atoms with Crippen LogP contribution in [0.4, 0.5) is 5.69 Å². The summed E-state index contributed by atoms with van der Waals surface area (Å²) in [6.45, 7) is 7.56. The lowest BCUT2D eigenvalue weighted by Gasteiger charge is -2.34. The smallest absolute Gasteiger partial charge is 0.0523 e. The average Bonchev–Trinajstić information content (AvgIpc) is 2.37. The first-order valence-corrected chi connectivity index (χ1v) is 6.08. The van der Waals surface area contributed by atoms with Crippen molar-refractivity contribution in [3.05, 3.63) is 29.8 Å². The molecular formula is C14H23NO2.